The first-order valence-corrected chi connectivity index (χ1v) is 10.6. The summed E-state index contributed by atoms with van der Waals surface area (Å²) in [6.45, 7) is 7.35. The number of carbonyl (C=O) groups is 3. The second kappa shape index (κ2) is 14.3. The van der Waals surface area contributed by atoms with E-state index in [1.165, 1.54) is 12.8 Å². The lowest BCUT2D eigenvalue weighted by Gasteiger charge is -2.35. The van der Waals surface area contributed by atoms with Crippen LogP contribution in [0.2, 0.25) is 0 Å². The van der Waals surface area contributed by atoms with Crippen molar-refractivity contribution in [3.63, 3.8) is 0 Å². The predicted molar refractivity (Wildman–Crippen MR) is 117 cm³/mol. The Bertz CT molecular complexity index is 689. The minimum absolute atomic E-state index is 0.0699. The third-order valence-corrected chi connectivity index (χ3v) is 5.62. The minimum Gasteiger partial charge on any atom is -0.483 e. The van der Waals surface area contributed by atoms with E-state index < -0.39 is 0 Å². The van der Waals surface area contributed by atoms with Crippen molar-refractivity contribution < 1.29 is 24.6 Å². The molecule has 0 spiro atoms. The molecule has 10 heteroatoms. The Morgan fingerprint density at radius 2 is 1.74 bits per heavy atom. The molecule has 3 rings (SSSR count). The number of nitrogens with zero attached hydrogens (tertiary/aromatic N) is 4. The zero-order chi connectivity index (χ0) is 23.2. The van der Waals surface area contributed by atoms with E-state index in [1.807, 2.05) is 13.1 Å². The van der Waals surface area contributed by atoms with Crippen molar-refractivity contribution in [3.05, 3.63) is 17.6 Å². The first kappa shape index (κ1) is 26.3. The number of anilines is 1. The standard InChI is InChI=1S/C19H31N5O.2CH2O2/c1-14-12-20-15(2)22-18(14)24-10-7-16(8-11-24)13-21-19(25)17-6-4-5-9-23(17)3;2*2-1-3/h12,16-17H,4-11,13H2,1-3H3,(H,21,25);2*1H,(H,2,3). The van der Waals surface area contributed by atoms with Crippen molar-refractivity contribution in [3.8, 4) is 0 Å². The molecule has 1 amide bonds. The molecule has 0 radical (unpaired) electrons. The van der Waals surface area contributed by atoms with Crippen LogP contribution in [0, 0.1) is 19.8 Å². The lowest BCUT2D eigenvalue weighted by Crippen LogP contribution is -2.49. The highest BCUT2D eigenvalue weighted by atomic mass is 16.3. The molecule has 1 aromatic heterocycles. The summed E-state index contributed by atoms with van der Waals surface area (Å²) in [5.74, 6) is 2.68. The van der Waals surface area contributed by atoms with Crippen LogP contribution >= 0.6 is 0 Å². The average molecular weight is 438 g/mol. The number of nitrogens with one attached hydrogen (secondary N) is 1. The number of rotatable bonds is 4. The van der Waals surface area contributed by atoms with Crippen molar-refractivity contribution >= 4 is 24.7 Å². The van der Waals surface area contributed by atoms with Crippen LogP contribution in [0.15, 0.2) is 6.20 Å². The summed E-state index contributed by atoms with van der Waals surface area (Å²) in [6.07, 6.45) is 7.48. The molecule has 1 aromatic rings. The van der Waals surface area contributed by atoms with Gasteiger partial charge in [0.15, 0.2) is 0 Å². The average Bonchev–Trinajstić information content (AvgIpc) is 2.76. The number of carboxylic acid groups (broad SMARTS) is 2. The Morgan fingerprint density at radius 3 is 2.32 bits per heavy atom. The molecule has 1 atom stereocenters. The van der Waals surface area contributed by atoms with Crippen LogP contribution in [0.3, 0.4) is 0 Å². The van der Waals surface area contributed by atoms with Crippen LogP contribution in [-0.4, -0.2) is 83.2 Å². The fourth-order valence-electron chi connectivity index (χ4n) is 3.96. The van der Waals surface area contributed by atoms with Crippen LogP contribution in [-0.2, 0) is 14.4 Å². The minimum atomic E-state index is -0.250. The van der Waals surface area contributed by atoms with E-state index in [-0.39, 0.29) is 24.9 Å². The monoisotopic (exact) mass is 437 g/mol. The van der Waals surface area contributed by atoms with Crippen LogP contribution in [0.4, 0.5) is 5.82 Å². The molecular weight excluding hydrogens is 402 g/mol. The Balaban J connectivity index is 0.000000720. The van der Waals surface area contributed by atoms with Crippen LogP contribution in [0.5, 0.6) is 0 Å². The van der Waals surface area contributed by atoms with E-state index in [4.69, 9.17) is 19.8 Å². The number of likely N-dealkylation sites (N-methyl/N-ethyl adjacent to an activating group) is 1. The van der Waals surface area contributed by atoms with Gasteiger partial charge in [0.2, 0.25) is 5.91 Å². The SMILES string of the molecule is Cc1ncc(C)c(N2CCC(CNC(=O)C3CCCCN3C)CC2)n1.O=CO.O=CO. The molecule has 2 aliphatic heterocycles. The summed E-state index contributed by atoms with van der Waals surface area (Å²) in [5.41, 5.74) is 1.14. The van der Waals surface area contributed by atoms with E-state index in [9.17, 15) is 4.79 Å². The highest BCUT2D eigenvalue weighted by Gasteiger charge is 2.27. The molecule has 0 bridgehead atoms. The van der Waals surface area contributed by atoms with Gasteiger partial charge in [-0.25, -0.2) is 9.97 Å². The van der Waals surface area contributed by atoms with Crippen LogP contribution < -0.4 is 10.2 Å². The molecule has 2 fully saturated rings. The van der Waals surface area contributed by atoms with Gasteiger partial charge < -0.3 is 20.4 Å². The Labute approximate surface area is 183 Å². The zero-order valence-corrected chi connectivity index (χ0v) is 18.7. The summed E-state index contributed by atoms with van der Waals surface area (Å²) < 4.78 is 0. The maximum Gasteiger partial charge on any atom is 0.290 e. The van der Waals surface area contributed by atoms with E-state index in [1.54, 1.807) is 0 Å². The van der Waals surface area contributed by atoms with Gasteiger partial charge in [-0.15, -0.1) is 0 Å². The molecular formula is C21H35N5O5. The number of carbonyl (C=O) groups excluding carboxylic acids is 1. The maximum atomic E-state index is 12.4. The Kier molecular flexibility index (Phi) is 12.1. The van der Waals surface area contributed by atoms with E-state index >= 15 is 0 Å². The first-order valence-electron chi connectivity index (χ1n) is 10.6. The fraction of sp³-hybridized carbons (Fsp3) is 0.667. The molecule has 31 heavy (non-hydrogen) atoms. The molecule has 3 heterocycles. The van der Waals surface area contributed by atoms with Crippen LogP contribution in [0.1, 0.15) is 43.5 Å². The largest absolute Gasteiger partial charge is 0.483 e. The zero-order valence-electron chi connectivity index (χ0n) is 18.7. The normalized spacial score (nSPS) is 19.2. The Hall–Kier alpha value is -2.75. The van der Waals surface area contributed by atoms with E-state index in [2.05, 4.69) is 39.1 Å². The number of likely N-dealkylation sites (tertiary alicyclic amines) is 1. The summed E-state index contributed by atoms with van der Waals surface area (Å²) >= 11 is 0. The Morgan fingerprint density at radius 1 is 1.13 bits per heavy atom. The number of piperidine rings is 2. The molecule has 174 valence electrons. The quantitative estimate of drug-likeness (QED) is 0.596. The highest BCUT2D eigenvalue weighted by Crippen LogP contribution is 2.24. The smallest absolute Gasteiger partial charge is 0.290 e. The summed E-state index contributed by atoms with van der Waals surface area (Å²) in [4.78, 5) is 42.6. The lowest BCUT2D eigenvalue weighted by atomic mass is 9.96. The first-order chi connectivity index (χ1) is 14.9. The van der Waals surface area contributed by atoms with Crippen molar-refractivity contribution in [1.82, 2.24) is 20.2 Å². The van der Waals surface area contributed by atoms with Crippen molar-refractivity contribution in [2.45, 2.75) is 52.0 Å². The molecule has 0 aliphatic carbocycles. The second-order valence-electron chi connectivity index (χ2n) is 7.80. The molecule has 2 aliphatic rings. The number of aromatic nitrogens is 2. The number of hydrogen-bond donors (Lipinski definition) is 3. The van der Waals surface area contributed by atoms with Crippen molar-refractivity contribution in [2.75, 3.05) is 38.1 Å². The maximum absolute atomic E-state index is 12.4. The van der Waals surface area contributed by atoms with Crippen molar-refractivity contribution in [2.24, 2.45) is 5.92 Å². The molecule has 3 N–H and O–H groups in total. The molecule has 2 saturated heterocycles. The summed E-state index contributed by atoms with van der Waals surface area (Å²) in [6, 6.07) is 0.0699. The summed E-state index contributed by atoms with van der Waals surface area (Å²) in [7, 11) is 2.06. The van der Waals surface area contributed by atoms with Gasteiger partial charge in [0.05, 0.1) is 6.04 Å². The van der Waals surface area contributed by atoms with Gasteiger partial charge in [-0.3, -0.25) is 19.3 Å². The molecule has 1 unspecified atom stereocenters. The van der Waals surface area contributed by atoms with Gasteiger partial charge in [0, 0.05) is 31.4 Å². The second-order valence-corrected chi connectivity index (χ2v) is 7.80. The number of amides is 1. The van der Waals surface area contributed by atoms with Gasteiger partial charge in [-0.2, -0.15) is 0 Å². The molecule has 10 nitrogen and oxygen atoms in total. The van der Waals surface area contributed by atoms with E-state index in [0.717, 1.165) is 62.6 Å². The molecule has 0 aromatic carbocycles. The third-order valence-electron chi connectivity index (χ3n) is 5.62. The van der Waals surface area contributed by atoms with Crippen LogP contribution in [0.25, 0.3) is 0 Å². The van der Waals surface area contributed by atoms with Gasteiger partial charge in [-0.1, -0.05) is 6.42 Å². The third kappa shape index (κ3) is 8.87. The van der Waals surface area contributed by atoms with Gasteiger partial charge >= 0.3 is 0 Å². The fourth-order valence-corrected chi connectivity index (χ4v) is 3.96. The van der Waals surface area contributed by atoms with Gasteiger partial charge in [0.1, 0.15) is 11.6 Å². The molecule has 0 saturated carbocycles. The van der Waals surface area contributed by atoms with Gasteiger partial charge in [0.25, 0.3) is 12.9 Å². The topological polar surface area (TPSA) is 136 Å². The van der Waals surface area contributed by atoms with Crippen molar-refractivity contribution in [1.29, 1.82) is 0 Å². The summed E-state index contributed by atoms with van der Waals surface area (Å²) in [5, 5.41) is 17.0. The number of aryl methyl sites for hydroxylation is 2. The van der Waals surface area contributed by atoms with Gasteiger partial charge in [-0.05, 0) is 59.0 Å². The highest BCUT2D eigenvalue weighted by molar-refractivity contribution is 5.81. The lowest BCUT2D eigenvalue weighted by molar-refractivity contribution is -0.127. The van der Waals surface area contributed by atoms with E-state index in [0.29, 0.717) is 5.92 Å². The number of hydrogen-bond acceptors (Lipinski definition) is 7. The predicted octanol–water partition coefficient (Wildman–Crippen LogP) is 1.31.